The lowest BCUT2D eigenvalue weighted by atomic mass is 10.1. The number of nitrogens with one attached hydrogen (secondary N) is 1. The molecule has 5 heteroatoms. The predicted octanol–water partition coefficient (Wildman–Crippen LogP) is 4.52. The van der Waals surface area contributed by atoms with Gasteiger partial charge in [-0.15, -0.1) is 12.4 Å². The van der Waals surface area contributed by atoms with Crippen molar-refractivity contribution in [1.82, 2.24) is 5.32 Å². The van der Waals surface area contributed by atoms with E-state index in [1.165, 1.54) is 16.7 Å². The van der Waals surface area contributed by atoms with Gasteiger partial charge in [0.15, 0.2) is 11.5 Å². The van der Waals surface area contributed by atoms with E-state index in [9.17, 15) is 0 Å². The van der Waals surface area contributed by atoms with Crippen molar-refractivity contribution in [2.45, 2.75) is 33.4 Å². The lowest BCUT2D eigenvalue weighted by Crippen LogP contribution is -2.16. The van der Waals surface area contributed by atoms with Crippen molar-refractivity contribution in [3.05, 3.63) is 59.2 Å². The van der Waals surface area contributed by atoms with E-state index in [1.807, 2.05) is 31.2 Å². The number of halogens is 1. The second-order valence-electron chi connectivity index (χ2n) is 5.93. The molecule has 0 aromatic heterocycles. The molecular formula is C21H30ClNO3. The van der Waals surface area contributed by atoms with Crippen LogP contribution in [0, 0.1) is 6.92 Å². The molecule has 0 atom stereocenters. The average Bonchev–Trinajstić information content (AvgIpc) is 2.64. The van der Waals surface area contributed by atoms with Crippen LogP contribution in [0.4, 0.5) is 0 Å². The molecule has 0 fully saturated rings. The van der Waals surface area contributed by atoms with Crippen LogP contribution in [-0.2, 0) is 17.9 Å². The first kappa shape index (κ1) is 22.3. The van der Waals surface area contributed by atoms with Crippen LogP contribution in [0.1, 0.15) is 30.0 Å². The second kappa shape index (κ2) is 12.6. The minimum atomic E-state index is 0. The van der Waals surface area contributed by atoms with E-state index >= 15 is 0 Å². The fraction of sp³-hybridized carbons (Fsp3) is 0.429. The SMILES string of the molecule is CCOCCCNCc1ccc(OCc2ccccc2C)c(OC)c1.Cl. The number of hydrogen-bond acceptors (Lipinski definition) is 4. The van der Waals surface area contributed by atoms with Crippen molar-refractivity contribution in [3.8, 4) is 11.5 Å². The number of rotatable bonds is 11. The van der Waals surface area contributed by atoms with Gasteiger partial charge in [-0.05, 0) is 55.6 Å². The molecule has 26 heavy (non-hydrogen) atoms. The lowest BCUT2D eigenvalue weighted by Gasteiger charge is -2.13. The third kappa shape index (κ3) is 7.24. The summed E-state index contributed by atoms with van der Waals surface area (Å²) in [5.74, 6) is 1.54. The Hall–Kier alpha value is -1.75. The predicted molar refractivity (Wildman–Crippen MR) is 109 cm³/mol. The highest BCUT2D eigenvalue weighted by molar-refractivity contribution is 5.85. The van der Waals surface area contributed by atoms with E-state index in [0.717, 1.165) is 44.2 Å². The molecular weight excluding hydrogens is 350 g/mol. The van der Waals surface area contributed by atoms with Crippen LogP contribution in [0.15, 0.2) is 42.5 Å². The highest BCUT2D eigenvalue weighted by atomic mass is 35.5. The van der Waals surface area contributed by atoms with E-state index in [-0.39, 0.29) is 12.4 Å². The van der Waals surface area contributed by atoms with Crippen LogP contribution >= 0.6 is 12.4 Å². The first-order chi connectivity index (χ1) is 12.2. The van der Waals surface area contributed by atoms with Crippen molar-refractivity contribution in [2.24, 2.45) is 0 Å². The molecule has 144 valence electrons. The maximum atomic E-state index is 5.96. The van der Waals surface area contributed by atoms with Crippen LogP contribution < -0.4 is 14.8 Å². The normalized spacial score (nSPS) is 10.3. The fourth-order valence-corrected chi connectivity index (χ4v) is 2.55. The highest BCUT2D eigenvalue weighted by Crippen LogP contribution is 2.29. The Morgan fingerprint density at radius 3 is 2.58 bits per heavy atom. The summed E-state index contributed by atoms with van der Waals surface area (Å²) >= 11 is 0. The molecule has 0 amide bonds. The lowest BCUT2D eigenvalue weighted by molar-refractivity contribution is 0.144. The van der Waals surface area contributed by atoms with E-state index < -0.39 is 0 Å². The molecule has 0 spiro atoms. The van der Waals surface area contributed by atoms with Gasteiger partial charge in [0.25, 0.3) is 0 Å². The molecule has 0 saturated heterocycles. The molecule has 4 nitrogen and oxygen atoms in total. The molecule has 0 aliphatic heterocycles. The fourth-order valence-electron chi connectivity index (χ4n) is 2.55. The van der Waals surface area contributed by atoms with Crippen LogP contribution in [0.25, 0.3) is 0 Å². The smallest absolute Gasteiger partial charge is 0.161 e. The third-order valence-corrected chi connectivity index (χ3v) is 4.05. The van der Waals surface area contributed by atoms with Gasteiger partial charge in [0, 0.05) is 19.8 Å². The first-order valence-electron chi connectivity index (χ1n) is 8.87. The largest absolute Gasteiger partial charge is 0.493 e. The van der Waals surface area contributed by atoms with Crippen molar-refractivity contribution in [1.29, 1.82) is 0 Å². The van der Waals surface area contributed by atoms with Gasteiger partial charge >= 0.3 is 0 Å². The molecule has 2 aromatic rings. The highest BCUT2D eigenvalue weighted by Gasteiger charge is 2.07. The van der Waals surface area contributed by atoms with Gasteiger partial charge in [-0.2, -0.15) is 0 Å². The van der Waals surface area contributed by atoms with Crippen molar-refractivity contribution < 1.29 is 14.2 Å². The molecule has 0 saturated carbocycles. The minimum absolute atomic E-state index is 0. The van der Waals surface area contributed by atoms with E-state index in [2.05, 4.69) is 30.4 Å². The molecule has 1 N–H and O–H groups in total. The molecule has 0 aliphatic rings. The zero-order chi connectivity index (χ0) is 17.9. The molecule has 0 radical (unpaired) electrons. The van der Waals surface area contributed by atoms with Crippen LogP contribution in [0.2, 0.25) is 0 Å². The Balaban J connectivity index is 0.00000338. The number of hydrogen-bond donors (Lipinski definition) is 1. The number of benzene rings is 2. The standard InChI is InChI=1S/C21H29NO3.ClH/c1-4-24-13-7-12-22-15-18-10-11-20(21(14-18)23-3)25-16-19-9-6-5-8-17(19)2;/h5-6,8-11,14,22H,4,7,12-13,15-16H2,1-3H3;1H. The monoisotopic (exact) mass is 379 g/mol. The summed E-state index contributed by atoms with van der Waals surface area (Å²) in [7, 11) is 1.68. The second-order valence-corrected chi connectivity index (χ2v) is 5.93. The Kier molecular flexibility index (Phi) is 10.8. The van der Waals surface area contributed by atoms with Crippen LogP contribution in [-0.4, -0.2) is 26.9 Å². The molecule has 0 heterocycles. The minimum Gasteiger partial charge on any atom is -0.493 e. The van der Waals surface area contributed by atoms with E-state index in [1.54, 1.807) is 7.11 Å². The summed E-state index contributed by atoms with van der Waals surface area (Å²) in [6, 6.07) is 14.3. The number of methoxy groups -OCH3 is 1. The summed E-state index contributed by atoms with van der Waals surface area (Å²) in [4.78, 5) is 0. The molecule has 0 bridgehead atoms. The topological polar surface area (TPSA) is 39.7 Å². The van der Waals surface area contributed by atoms with Crippen molar-refractivity contribution >= 4 is 12.4 Å². The van der Waals surface area contributed by atoms with Gasteiger partial charge in [-0.1, -0.05) is 30.3 Å². The van der Waals surface area contributed by atoms with E-state index in [4.69, 9.17) is 14.2 Å². The molecule has 0 aliphatic carbocycles. The van der Waals surface area contributed by atoms with Gasteiger partial charge in [0.2, 0.25) is 0 Å². The Morgan fingerprint density at radius 2 is 1.85 bits per heavy atom. The summed E-state index contributed by atoms with van der Waals surface area (Å²) in [6.07, 6.45) is 1.02. The van der Waals surface area contributed by atoms with Gasteiger partial charge in [0.1, 0.15) is 6.61 Å². The van der Waals surface area contributed by atoms with Gasteiger partial charge in [0.05, 0.1) is 7.11 Å². The molecule has 0 unspecified atom stereocenters. The van der Waals surface area contributed by atoms with E-state index in [0.29, 0.717) is 6.61 Å². The summed E-state index contributed by atoms with van der Waals surface area (Å²) < 4.78 is 16.8. The summed E-state index contributed by atoms with van der Waals surface area (Å²) in [6.45, 7) is 7.98. The van der Waals surface area contributed by atoms with Crippen molar-refractivity contribution in [2.75, 3.05) is 26.9 Å². The van der Waals surface area contributed by atoms with Gasteiger partial charge < -0.3 is 19.5 Å². The maximum Gasteiger partial charge on any atom is 0.161 e. The third-order valence-electron chi connectivity index (χ3n) is 4.05. The number of ether oxygens (including phenoxy) is 3. The van der Waals surface area contributed by atoms with Gasteiger partial charge in [-0.3, -0.25) is 0 Å². The Morgan fingerprint density at radius 1 is 1.04 bits per heavy atom. The zero-order valence-electron chi connectivity index (χ0n) is 15.9. The maximum absolute atomic E-state index is 5.96. The van der Waals surface area contributed by atoms with Crippen molar-refractivity contribution in [3.63, 3.8) is 0 Å². The zero-order valence-corrected chi connectivity index (χ0v) is 16.7. The summed E-state index contributed by atoms with van der Waals surface area (Å²) in [5, 5.41) is 3.42. The first-order valence-corrected chi connectivity index (χ1v) is 8.87. The molecule has 2 aromatic carbocycles. The average molecular weight is 380 g/mol. The summed E-state index contributed by atoms with van der Waals surface area (Å²) in [5.41, 5.74) is 3.59. The molecule has 2 rings (SSSR count). The van der Waals surface area contributed by atoms with Crippen LogP contribution in [0.3, 0.4) is 0 Å². The Bertz CT molecular complexity index is 649. The number of aryl methyl sites for hydroxylation is 1. The quantitative estimate of drug-likeness (QED) is 0.582. The Labute approximate surface area is 163 Å². The van der Waals surface area contributed by atoms with Gasteiger partial charge in [-0.25, -0.2) is 0 Å². The van der Waals surface area contributed by atoms with Crippen LogP contribution in [0.5, 0.6) is 11.5 Å².